The summed E-state index contributed by atoms with van der Waals surface area (Å²) in [5.41, 5.74) is 1.51. The summed E-state index contributed by atoms with van der Waals surface area (Å²) in [5, 5.41) is 3.92. The van der Waals surface area contributed by atoms with Crippen LogP contribution in [0.5, 0.6) is 0 Å². The summed E-state index contributed by atoms with van der Waals surface area (Å²) >= 11 is 3.52. The van der Waals surface area contributed by atoms with Crippen LogP contribution in [0.25, 0.3) is 0 Å². The highest BCUT2D eigenvalue weighted by molar-refractivity contribution is 9.10. The second-order valence-corrected chi connectivity index (χ2v) is 8.04. The summed E-state index contributed by atoms with van der Waals surface area (Å²) < 4.78 is 1.18. The van der Waals surface area contributed by atoms with Crippen LogP contribution < -0.4 is 5.32 Å². The first-order valence-corrected chi connectivity index (χ1v) is 9.53. The number of nitrogens with one attached hydrogen (secondary N) is 1. The van der Waals surface area contributed by atoms with E-state index < -0.39 is 0 Å². The third-order valence-corrected chi connectivity index (χ3v) is 6.11. The van der Waals surface area contributed by atoms with E-state index in [0.29, 0.717) is 6.04 Å². The molecule has 2 aliphatic carbocycles. The highest BCUT2D eigenvalue weighted by Crippen LogP contribution is 2.38. The molecule has 3 rings (SSSR count). The van der Waals surface area contributed by atoms with Gasteiger partial charge in [0.25, 0.3) is 0 Å². The topological polar surface area (TPSA) is 12.0 Å². The molecule has 1 nitrogen and oxygen atoms in total. The van der Waals surface area contributed by atoms with Gasteiger partial charge in [-0.1, -0.05) is 53.7 Å². The molecule has 0 amide bonds. The van der Waals surface area contributed by atoms with Gasteiger partial charge in [0.05, 0.1) is 0 Å². The number of hydrogen-bond acceptors (Lipinski definition) is 1. The van der Waals surface area contributed by atoms with Crippen LogP contribution in [0.2, 0.25) is 0 Å². The first kappa shape index (κ1) is 15.6. The van der Waals surface area contributed by atoms with Gasteiger partial charge < -0.3 is 5.32 Å². The molecular formula is C19H28BrN. The first-order chi connectivity index (χ1) is 10.2. The molecule has 1 N–H and O–H groups in total. The second-order valence-electron chi connectivity index (χ2n) is 7.12. The fourth-order valence-corrected chi connectivity index (χ4v) is 4.34. The van der Waals surface area contributed by atoms with E-state index in [9.17, 15) is 0 Å². The monoisotopic (exact) mass is 349 g/mol. The molecule has 0 aliphatic heterocycles. The van der Waals surface area contributed by atoms with Gasteiger partial charge in [0.15, 0.2) is 0 Å². The Balaban J connectivity index is 1.44. The van der Waals surface area contributed by atoms with E-state index in [-0.39, 0.29) is 0 Å². The average molecular weight is 350 g/mol. The van der Waals surface area contributed by atoms with Crippen molar-refractivity contribution in [2.24, 2.45) is 5.92 Å². The molecule has 0 spiro atoms. The van der Waals surface area contributed by atoms with Crippen molar-refractivity contribution in [3.63, 3.8) is 0 Å². The fourth-order valence-electron chi connectivity index (χ4n) is 4.08. The normalized spacial score (nSPS) is 28.7. The van der Waals surface area contributed by atoms with Crippen molar-refractivity contribution in [2.45, 2.75) is 76.3 Å². The highest BCUT2D eigenvalue weighted by Gasteiger charge is 2.32. The van der Waals surface area contributed by atoms with Crippen LogP contribution in [-0.2, 0) is 0 Å². The summed E-state index contributed by atoms with van der Waals surface area (Å²) in [6.45, 7) is 2.42. The Bertz CT molecular complexity index is 427. The zero-order valence-electron chi connectivity index (χ0n) is 13.2. The molecule has 21 heavy (non-hydrogen) atoms. The van der Waals surface area contributed by atoms with Crippen LogP contribution >= 0.6 is 15.9 Å². The maximum atomic E-state index is 3.92. The zero-order valence-corrected chi connectivity index (χ0v) is 14.7. The Morgan fingerprint density at radius 3 is 2.24 bits per heavy atom. The minimum atomic E-state index is 0.707. The molecule has 116 valence electrons. The third kappa shape index (κ3) is 4.10. The largest absolute Gasteiger partial charge is 0.311 e. The van der Waals surface area contributed by atoms with E-state index in [0.717, 1.165) is 17.9 Å². The van der Waals surface area contributed by atoms with Gasteiger partial charge >= 0.3 is 0 Å². The molecule has 0 radical (unpaired) electrons. The summed E-state index contributed by atoms with van der Waals surface area (Å²) in [6.07, 6.45) is 11.3. The molecule has 0 aromatic heterocycles. The third-order valence-electron chi connectivity index (χ3n) is 5.59. The molecule has 2 saturated carbocycles. The van der Waals surface area contributed by atoms with E-state index in [2.05, 4.69) is 52.4 Å². The lowest BCUT2D eigenvalue weighted by molar-refractivity contribution is 0.228. The summed E-state index contributed by atoms with van der Waals surface area (Å²) in [7, 11) is 0. The van der Waals surface area contributed by atoms with Crippen molar-refractivity contribution in [1.29, 1.82) is 0 Å². The molecule has 2 aliphatic rings. The quantitative estimate of drug-likeness (QED) is 0.693. The number of benzene rings is 1. The van der Waals surface area contributed by atoms with E-state index in [4.69, 9.17) is 0 Å². The summed E-state index contributed by atoms with van der Waals surface area (Å²) in [5.74, 6) is 1.69. The van der Waals surface area contributed by atoms with Crippen LogP contribution in [0.15, 0.2) is 28.7 Å². The van der Waals surface area contributed by atoms with Gasteiger partial charge in [-0.2, -0.15) is 0 Å². The van der Waals surface area contributed by atoms with Crippen LogP contribution in [0.3, 0.4) is 0 Å². The van der Waals surface area contributed by atoms with Crippen LogP contribution in [-0.4, -0.2) is 12.1 Å². The summed E-state index contributed by atoms with van der Waals surface area (Å²) in [4.78, 5) is 0. The van der Waals surface area contributed by atoms with Gasteiger partial charge in [-0.3, -0.25) is 0 Å². The standard InChI is InChI=1S/C19H28BrN/c1-14(15-6-4-2-3-5-7-15)21-19-12-17(13-19)16-8-10-18(20)11-9-16/h8-11,14-15,17,19,21H,2-7,12-13H2,1H3/t14-,17?,19?/m1/s1. The second kappa shape index (κ2) is 7.28. The fraction of sp³-hybridized carbons (Fsp3) is 0.684. The summed E-state index contributed by atoms with van der Waals surface area (Å²) in [6, 6.07) is 10.4. The van der Waals surface area contributed by atoms with Crippen LogP contribution in [0, 0.1) is 5.92 Å². The molecule has 0 unspecified atom stereocenters. The maximum absolute atomic E-state index is 3.92. The van der Waals surface area contributed by atoms with Crippen molar-refractivity contribution in [3.8, 4) is 0 Å². The Morgan fingerprint density at radius 2 is 1.62 bits per heavy atom. The number of halogens is 1. The molecule has 0 saturated heterocycles. The van der Waals surface area contributed by atoms with E-state index in [1.54, 1.807) is 0 Å². The maximum Gasteiger partial charge on any atom is 0.0175 e. The van der Waals surface area contributed by atoms with Gasteiger partial charge in [-0.05, 0) is 62.1 Å². The van der Waals surface area contributed by atoms with Gasteiger partial charge in [0.2, 0.25) is 0 Å². The molecular weight excluding hydrogens is 322 g/mol. The van der Waals surface area contributed by atoms with Crippen molar-refractivity contribution < 1.29 is 0 Å². The van der Waals surface area contributed by atoms with Gasteiger partial charge in [-0.25, -0.2) is 0 Å². The minimum Gasteiger partial charge on any atom is -0.311 e. The molecule has 1 aromatic rings. The Hall–Kier alpha value is -0.340. The lowest BCUT2D eigenvalue weighted by atomic mass is 9.75. The lowest BCUT2D eigenvalue weighted by Gasteiger charge is -2.40. The predicted molar refractivity (Wildman–Crippen MR) is 93.7 cm³/mol. The van der Waals surface area contributed by atoms with E-state index in [1.807, 2.05) is 0 Å². The van der Waals surface area contributed by atoms with Gasteiger partial charge in [-0.15, -0.1) is 0 Å². The highest BCUT2D eigenvalue weighted by atomic mass is 79.9. The van der Waals surface area contributed by atoms with Gasteiger partial charge in [0, 0.05) is 16.6 Å². The van der Waals surface area contributed by atoms with Gasteiger partial charge in [0.1, 0.15) is 0 Å². The van der Waals surface area contributed by atoms with Crippen molar-refractivity contribution >= 4 is 15.9 Å². The molecule has 1 aromatic carbocycles. The smallest absolute Gasteiger partial charge is 0.0175 e. The van der Waals surface area contributed by atoms with Crippen molar-refractivity contribution in [3.05, 3.63) is 34.3 Å². The van der Waals surface area contributed by atoms with Crippen LogP contribution in [0.4, 0.5) is 0 Å². The first-order valence-electron chi connectivity index (χ1n) is 8.74. The Morgan fingerprint density at radius 1 is 1.00 bits per heavy atom. The SMILES string of the molecule is C[C@@H](NC1CC(c2ccc(Br)cc2)C1)C1CCCCCC1. The average Bonchev–Trinajstić information content (AvgIpc) is 2.72. The Labute approximate surface area is 138 Å². The lowest BCUT2D eigenvalue weighted by Crippen LogP contribution is -2.47. The zero-order chi connectivity index (χ0) is 14.7. The molecule has 2 fully saturated rings. The number of rotatable bonds is 4. The van der Waals surface area contributed by atoms with Crippen molar-refractivity contribution in [1.82, 2.24) is 5.32 Å². The number of hydrogen-bond donors (Lipinski definition) is 1. The molecule has 0 heterocycles. The molecule has 2 heteroatoms. The minimum absolute atomic E-state index is 0.707. The molecule has 0 bridgehead atoms. The van der Waals surface area contributed by atoms with Crippen molar-refractivity contribution in [2.75, 3.05) is 0 Å². The Kier molecular flexibility index (Phi) is 5.39. The van der Waals surface area contributed by atoms with E-state index in [1.165, 1.54) is 61.4 Å². The van der Waals surface area contributed by atoms with E-state index >= 15 is 0 Å². The molecule has 1 atom stereocenters. The van der Waals surface area contributed by atoms with Crippen LogP contribution in [0.1, 0.15) is 69.8 Å². The predicted octanol–water partition coefficient (Wildman–Crippen LogP) is 5.64.